The molecule has 0 radical (unpaired) electrons. The summed E-state index contributed by atoms with van der Waals surface area (Å²) in [5, 5.41) is 3.38. The third-order valence-corrected chi connectivity index (χ3v) is 9.65. The number of hydrogen-bond acceptors (Lipinski definition) is 8. The van der Waals surface area contributed by atoms with E-state index in [-0.39, 0.29) is 40.8 Å². The summed E-state index contributed by atoms with van der Waals surface area (Å²) in [5.74, 6) is 1.08. The number of nitrogens with zero attached hydrogens (tertiary/aromatic N) is 3. The Balaban J connectivity index is 1.40. The number of benzene rings is 1. The lowest BCUT2D eigenvalue weighted by molar-refractivity contribution is -0.119. The molecule has 2 atom stereocenters. The molecule has 220 valence electrons. The molecular weight excluding hydrogens is 540 g/mol. The van der Waals surface area contributed by atoms with Gasteiger partial charge in [-0.1, -0.05) is 19.9 Å². The Morgan fingerprint density at radius 1 is 1.07 bits per heavy atom. The van der Waals surface area contributed by atoms with Crippen molar-refractivity contribution in [2.24, 2.45) is 11.3 Å². The number of Topliss-reactive ketones (excluding diaryl/α,β-unsaturated/α-hetero) is 1. The Kier molecular flexibility index (Phi) is 7.45. The molecule has 0 bridgehead atoms. The smallest absolute Gasteiger partial charge is 0.177 e. The van der Waals surface area contributed by atoms with Crippen LogP contribution in [0.15, 0.2) is 29.2 Å². The molecule has 10 heteroatoms. The van der Waals surface area contributed by atoms with Gasteiger partial charge in [-0.15, -0.1) is 0 Å². The predicted molar refractivity (Wildman–Crippen MR) is 157 cm³/mol. The Morgan fingerprint density at radius 3 is 2.54 bits per heavy atom. The van der Waals surface area contributed by atoms with Crippen LogP contribution in [0.1, 0.15) is 88.2 Å². The second kappa shape index (κ2) is 10.8. The number of rotatable bonds is 8. The molecule has 1 saturated carbocycles. The van der Waals surface area contributed by atoms with Crippen molar-refractivity contribution in [2.75, 3.05) is 24.8 Å². The monoisotopic (exact) mass is 580 g/mol. The topological polar surface area (TPSA) is 112 Å². The first kappa shape index (κ1) is 28.3. The fourth-order valence-corrected chi connectivity index (χ4v) is 6.84. The summed E-state index contributed by atoms with van der Waals surface area (Å²) in [6.45, 7) is 7.62. The molecule has 0 spiro atoms. The van der Waals surface area contributed by atoms with E-state index in [0.29, 0.717) is 41.4 Å². The summed E-state index contributed by atoms with van der Waals surface area (Å²) in [7, 11) is -3.58. The first-order valence-corrected chi connectivity index (χ1v) is 16.6. The molecule has 1 aliphatic carbocycles. The lowest BCUT2D eigenvalue weighted by Crippen LogP contribution is -2.27. The quantitative estimate of drug-likeness (QED) is 0.346. The van der Waals surface area contributed by atoms with Crippen LogP contribution in [-0.2, 0) is 30.5 Å². The highest BCUT2D eigenvalue weighted by Gasteiger charge is 2.32. The molecule has 1 N–H and O–H groups in total. The van der Waals surface area contributed by atoms with Gasteiger partial charge in [-0.05, 0) is 81.0 Å². The van der Waals surface area contributed by atoms with Crippen LogP contribution in [0.4, 0.5) is 11.4 Å². The molecule has 2 unspecified atom stereocenters. The fourth-order valence-electron chi connectivity index (χ4n) is 5.97. The first-order valence-electron chi connectivity index (χ1n) is 14.7. The summed E-state index contributed by atoms with van der Waals surface area (Å²) in [6, 6.07) is 7.32. The van der Waals surface area contributed by atoms with E-state index in [1.54, 1.807) is 6.07 Å². The summed E-state index contributed by atoms with van der Waals surface area (Å²) >= 11 is 0. The number of nitrogens with one attached hydrogen (secondary N) is 1. The minimum atomic E-state index is -3.58. The fraction of sp³-hybridized carbons (Fsp3) is 0.581. The van der Waals surface area contributed by atoms with Crippen molar-refractivity contribution in [3.63, 3.8) is 0 Å². The van der Waals surface area contributed by atoms with Crippen molar-refractivity contribution in [2.45, 2.75) is 89.4 Å². The second-order valence-corrected chi connectivity index (χ2v) is 14.7. The van der Waals surface area contributed by atoms with E-state index in [2.05, 4.69) is 19.2 Å². The van der Waals surface area contributed by atoms with Crippen LogP contribution in [0, 0.1) is 18.3 Å². The van der Waals surface area contributed by atoms with Crippen LogP contribution in [0.3, 0.4) is 0 Å². The lowest BCUT2D eigenvalue weighted by atomic mass is 9.84. The summed E-state index contributed by atoms with van der Waals surface area (Å²) < 4.78 is 40.3. The highest BCUT2D eigenvalue weighted by atomic mass is 32.2. The summed E-state index contributed by atoms with van der Waals surface area (Å²) in [4.78, 5) is 22.8. The van der Waals surface area contributed by atoms with Crippen molar-refractivity contribution in [1.29, 1.82) is 0 Å². The normalized spacial score (nSPS) is 23.0. The van der Waals surface area contributed by atoms with Crippen LogP contribution < -0.4 is 5.32 Å². The number of pyridine rings is 1. The van der Waals surface area contributed by atoms with E-state index >= 15 is 0 Å². The number of carbonyl (C=O) groups is 1. The van der Waals surface area contributed by atoms with Crippen molar-refractivity contribution in [3.05, 3.63) is 41.3 Å². The van der Waals surface area contributed by atoms with Crippen molar-refractivity contribution in [3.8, 4) is 0 Å². The number of aryl methyl sites for hydroxylation is 1. The molecule has 2 aliphatic heterocycles. The summed E-state index contributed by atoms with van der Waals surface area (Å²) in [6.07, 6.45) is 7.81. The number of sulfone groups is 1. The minimum Gasteiger partial charge on any atom is -0.373 e. The van der Waals surface area contributed by atoms with Gasteiger partial charge in [0.15, 0.2) is 15.5 Å². The van der Waals surface area contributed by atoms with Crippen molar-refractivity contribution in [1.82, 2.24) is 14.5 Å². The Labute approximate surface area is 242 Å². The largest absolute Gasteiger partial charge is 0.373 e. The third-order valence-electron chi connectivity index (χ3n) is 8.51. The molecule has 41 heavy (non-hydrogen) atoms. The maximum atomic E-state index is 13.0. The number of anilines is 2. The highest BCUT2D eigenvalue weighted by molar-refractivity contribution is 7.90. The number of fused-ring (bicyclic) bond motifs is 1. The van der Waals surface area contributed by atoms with Gasteiger partial charge in [0, 0.05) is 25.2 Å². The van der Waals surface area contributed by atoms with Crippen LogP contribution in [0.2, 0.25) is 0 Å². The van der Waals surface area contributed by atoms with Crippen LogP contribution in [0.25, 0.3) is 11.2 Å². The average molecular weight is 581 g/mol. The Hall–Kier alpha value is -2.82. The van der Waals surface area contributed by atoms with Gasteiger partial charge in [-0.2, -0.15) is 0 Å². The maximum Gasteiger partial charge on any atom is 0.177 e. The molecule has 3 aliphatic rings. The van der Waals surface area contributed by atoms with E-state index in [1.165, 1.54) is 6.26 Å². The van der Waals surface area contributed by atoms with Gasteiger partial charge >= 0.3 is 0 Å². The third kappa shape index (κ3) is 6.05. The van der Waals surface area contributed by atoms with Crippen molar-refractivity contribution >= 4 is 38.2 Å². The second-order valence-electron chi connectivity index (χ2n) is 12.8. The molecule has 2 aromatic heterocycles. The van der Waals surface area contributed by atoms with Gasteiger partial charge in [0.25, 0.3) is 0 Å². The van der Waals surface area contributed by atoms with Gasteiger partial charge in [0.2, 0.25) is 0 Å². The zero-order chi connectivity index (χ0) is 28.9. The average Bonchev–Trinajstić information content (AvgIpc) is 3.72. The zero-order valence-electron chi connectivity index (χ0n) is 24.4. The lowest BCUT2D eigenvalue weighted by Gasteiger charge is -2.34. The molecule has 0 amide bonds. The SMILES string of the molecule is Cc1nc2c(Nc3ccc(C4CCC(C)(C)CO4)cc3S(C)(=O)=O)cc(CC(=O)C3CC3)nc2n1C1CCCCO1. The molecule has 3 aromatic rings. The van der Waals surface area contributed by atoms with Gasteiger partial charge < -0.3 is 14.8 Å². The number of aromatic nitrogens is 3. The van der Waals surface area contributed by atoms with Crippen LogP contribution in [0.5, 0.6) is 0 Å². The van der Waals surface area contributed by atoms with Gasteiger partial charge in [-0.3, -0.25) is 9.36 Å². The number of ether oxygens (including phenoxy) is 2. The number of imidazole rings is 1. The van der Waals surface area contributed by atoms with Gasteiger partial charge in [0.05, 0.1) is 34.7 Å². The first-order chi connectivity index (χ1) is 19.5. The number of carbonyl (C=O) groups excluding carboxylic acids is 1. The minimum absolute atomic E-state index is 0.118. The molecule has 6 rings (SSSR count). The van der Waals surface area contributed by atoms with E-state index in [4.69, 9.17) is 19.4 Å². The summed E-state index contributed by atoms with van der Waals surface area (Å²) in [5.41, 5.74) is 3.98. The number of hydrogen-bond donors (Lipinski definition) is 1. The van der Waals surface area contributed by atoms with Crippen LogP contribution >= 0.6 is 0 Å². The van der Waals surface area contributed by atoms with E-state index < -0.39 is 9.84 Å². The molecule has 2 saturated heterocycles. The standard InChI is InChI=1S/C31H40N4O5S/c1-19-32-29-24(16-22(17-25(36)20-8-9-20)33-30(29)35(19)28-7-5-6-14-39-28)34-23-11-10-21(15-27(23)41(4,37)38)26-12-13-31(2,3)18-40-26/h10-11,15-16,20,26,28H,5-9,12-14,17-18H2,1-4H3,(H,33,34). The van der Waals surface area contributed by atoms with Crippen LogP contribution in [-0.4, -0.2) is 48.2 Å². The zero-order valence-corrected chi connectivity index (χ0v) is 25.2. The predicted octanol–water partition coefficient (Wildman–Crippen LogP) is 5.99. The molecular formula is C31H40N4O5S. The Bertz CT molecular complexity index is 1580. The molecule has 1 aromatic carbocycles. The molecule has 4 heterocycles. The molecule has 9 nitrogen and oxygen atoms in total. The Morgan fingerprint density at radius 2 is 1.88 bits per heavy atom. The maximum absolute atomic E-state index is 13.0. The van der Waals surface area contributed by atoms with Gasteiger partial charge in [0.1, 0.15) is 23.4 Å². The highest BCUT2D eigenvalue weighted by Crippen LogP contribution is 2.40. The van der Waals surface area contributed by atoms with E-state index in [1.807, 2.05) is 29.7 Å². The molecule has 3 fully saturated rings. The van der Waals surface area contributed by atoms with E-state index in [9.17, 15) is 13.2 Å². The number of ketones is 1. The van der Waals surface area contributed by atoms with E-state index in [0.717, 1.165) is 56.3 Å². The van der Waals surface area contributed by atoms with Gasteiger partial charge in [-0.25, -0.2) is 18.4 Å². The van der Waals surface area contributed by atoms with Crippen molar-refractivity contribution < 1.29 is 22.7 Å².